The van der Waals surface area contributed by atoms with Crippen LogP contribution < -0.4 is 9.46 Å². The van der Waals surface area contributed by atoms with Crippen LogP contribution in [0.3, 0.4) is 0 Å². The Bertz CT molecular complexity index is 969. The third kappa shape index (κ3) is 4.58. The number of benzene rings is 2. The van der Waals surface area contributed by atoms with E-state index in [9.17, 15) is 23.3 Å². The molecule has 2 aromatic carbocycles. The minimum Gasteiger partial charge on any atom is -0.495 e. The smallest absolute Gasteiger partial charge is 0.271 e. The predicted molar refractivity (Wildman–Crippen MR) is 104 cm³/mol. The second kappa shape index (κ2) is 8.70. The van der Waals surface area contributed by atoms with E-state index < -0.39 is 14.9 Å². The first-order valence-corrected chi connectivity index (χ1v) is 9.96. The third-order valence-corrected chi connectivity index (χ3v) is 5.48. The van der Waals surface area contributed by atoms with E-state index in [1.807, 2.05) is 13.8 Å². The number of hydrogen-bond acceptors (Lipinski definition) is 6. The van der Waals surface area contributed by atoms with Crippen LogP contribution in [0.4, 0.5) is 11.4 Å². The second-order valence-electron chi connectivity index (χ2n) is 5.75. The predicted octanol–water partition coefficient (Wildman–Crippen LogP) is 2.89. The Morgan fingerprint density at radius 1 is 1.14 bits per heavy atom. The minimum atomic E-state index is -4.15. The molecule has 0 aliphatic heterocycles. The molecule has 0 saturated heterocycles. The molecule has 1 amide bonds. The lowest BCUT2D eigenvalue weighted by atomic mass is 10.2. The SMILES string of the molecule is CCN(CC)C(=O)c1ccc(NS(=O)(=O)c2cc([N+](=O)[O-])ccc2OC)cc1. The number of nitrogens with one attached hydrogen (secondary N) is 1. The fraction of sp³-hybridized carbons (Fsp3) is 0.278. The molecule has 0 heterocycles. The van der Waals surface area contributed by atoms with E-state index in [2.05, 4.69) is 4.72 Å². The quantitative estimate of drug-likeness (QED) is 0.531. The lowest BCUT2D eigenvalue weighted by molar-refractivity contribution is -0.385. The molecule has 0 spiro atoms. The van der Waals surface area contributed by atoms with Crippen molar-refractivity contribution in [2.45, 2.75) is 18.7 Å². The van der Waals surface area contributed by atoms with E-state index in [-0.39, 0.29) is 27.9 Å². The number of ether oxygens (including phenoxy) is 1. The summed E-state index contributed by atoms with van der Waals surface area (Å²) in [7, 11) is -2.87. The zero-order valence-electron chi connectivity index (χ0n) is 15.7. The van der Waals surface area contributed by atoms with Gasteiger partial charge in [0, 0.05) is 36.5 Å². The molecule has 2 rings (SSSR count). The first kappa shape index (κ1) is 21.2. The second-order valence-corrected chi connectivity index (χ2v) is 7.40. The van der Waals surface area contributed by atoms with Crippen molar-refractivity contribution in [1.29, 1.82) is 0 Å². The van der Waals surface area contributed by atoms with Gasteiger partial charge >= 0.3 is 0 Å². The molecule has 0 aliphatic carbocycles. The average Bonchev–Trinajstić information content (AvgIpc) is 2.68. The van der Waals surface area contributed by atoms with Crippen LogP contribution in [0, 0.1) is 10.1 Å². The minimum absolute atomic E-state index is 0.0218. The van der Waals surface area contributed by atoms with Crippen molar-refractivity contribution in [2.24, 2.45) is 0 Å². The van der Waals surface area contributed by atoms with Gasteiger partial charge in [0.25, 0.3) is 21.6 Å². The van der Waals surface area contributed by atoms with Crippen molar-refractivity contribution >= 4 is 27.3 Å². The number of hydrogen-bond donors (Lipinski definition) is 1. The molecule has 0 radical (unpaired) electrons. The largest absolute Gasteiger partial charge is 0.495 e. The van der Waals surface area contributed by atoms with Crippen molar-refractivity contribution in [2.75, 3.05) is 24.9 Å². The highest BCUT2D eigenvalue weighted by Gasteiger charge is 2.23. The van der Waals surface area contributed by atoms with Gasteiger partial charge in [0.2, 0.25) is 0 Å². The lowest BCUT2D eigenvalue weighted by Crippen LogP contribution is -2.30. The van der Waals surface area contributed by atoms with Crippen LogP contribution >= 0.6 is 0 Å². The van der Waals surface area contributed by atoms with Crippen LogP contribution in [0.25, 0.3) is 0 Å². The Morgan fingerprint density at radius 3 is 2.25 bits per heavy atom. The number of rotatable bonds is 8. The molecule has 10 heteroatoms. The van der Waals surface area contributed by atoms with Crippen LogP contribution in [-0.4, -0.2) is 44.3 Å². The Labute approximate surface area is 163 Å². The topological polar surface area (TPSA) is 119 Å². The molecule has 9 nitrogen and oxygen atoms in total. The number of non-ortho nitro benzene ring substituents is 1. The van der Waals surface area contributed by atoms with Crippen LogP contribution in [0.1, 0.15) is 24.2 Å². The summed E-state index contributed by atoms with van der Waals surface area (Å²) >= 11 is 0. The molecule has 0 unspecified atom stereocenters. The number of nitrogens with zero attached hydrogens (tertiary/aromatic N) is 2. The van der Waals surface area contributed by atoms with Gasteiger partial charge < -0.3 is 9.64 Å². The summed E-state index contributed by atoms with van der Waals surface area (Å²) < 4.78 is 32.7. The maximum Gasteiger partial charge on any atom is 0.271 e. The molecule has 1 N–H and O–H groups in total. The lowest BCUT2D eigenvalue weighted by Gasteiger charge is -2.18. The summed E-state index contributed by atoms with van der Waals surface area (Å²) in [6.45, 7) is 4.87. The van der Waals surface area contributed by atoms with Crippen molar-refractivity contribution in [3.63, 3.8) is 0 Å². The molecule has 0 aliphatic rings. The third-order valence-electron chi connectivity index (χ3n) is 4.08. The molecule has 28 heavy (non-hydrogen) atoms. The van der Waals surface area contributed by atoms with Crippen LogP contribution in [0.5, 0.6) is 5.75 Å². The van der Waals surface area contributed by atoms with Crippen molar-refractivity contribution < 1.29 is 22.9 Å². The molecular weight excluding hydrogens is 386 g/mol. The number of sulfonamides is 1. The van der Waals surface area contributed by atoms with Crippen LogP contribution in [0.2, 0.25) is 0 Å². The Morgan fingerprint density at radius 2 is 1.75 bits per heavy atom. The molecule has 150 valence electrons. The zero-order valence-corrected chi connectivity index (χ0v) is 16.5. The first-order chi connectivity index (χ1) is 13.2. The van der Waals surface area contributed by atoms with Gasteiger partial charge in [0.1, 0.15) is 10.6 Å². The fourth-order valence-corrected chi connectivity index (χ4v) is 3.82. The number of carbonyl (C=O) groups is 1. The van der Waals surface area contributed by atoms with E-state index in [1.165, 1.54) is 37.4 Å². The van der Waals surface area contributed by atoms with Gasteiger partial charge in [-0.05, 0) is 44.2 Å². The van der Waals surface area contributed by atoms with Gasteiger partial charge in [0.15, 0.2) is 0 Å². The number of nitro groups is 1. The van der Waals surface area contributed by atoms with E-state index in [0.29, 0.717) is 18.7 Å². The molecule has 0 aromatic heterocycles. The normalized spacial score (nSPS) is 11.0. The van der Waals surface area contributed by atoms with E-state index in [0.717, 1.165) is 12.1 Å². The molecule has 0 bridgehead atoms. The first-order valence-electron chi connectivity index (χ1n) is 8.48. The number of amides is 1. The molecule has 0 saturated carbocycles. The monoisotopic (exact) mass is 407 g/mol. The summed E-state index contributed by atoms with van der Waals surface area (Å²) in [5.74, 6) is -0.175. The standard InChI is InChI=1S/C18H21N3O6S/c1-4-20(5-2)18(22)13-6-8-14(9-7-13)19-28(25,26)17-12-15(21(23)24)10-11-16(17)27-3/h6-12,19H,4-5H2,1-3H3. The fourth-order valence-electron chi connectivity index (χ4n) is 2.57. The van der Waals surface area contributed by atoms with Crippen molar-refractivity contribution in [3.05, 3.63) is 58.1 Å². The zero-order chi connectivity index (χ0) is 20.9. The number of nitro benzene ring substituents is 1. The number of carbonyl (C=O) groups excluding carboxylic acids is 1. The van der Waals surface area contributed by atoms with Gasteiger partial charge in [-0.2, -0.15) is 0 Å². The number of anilines is 1. The van der Waals surface area contributed by atoms with E-state index in [4.69, 9.17) is 4.74 Å². The van der Waals surface area contributed by atoms with Gasteiger partial charge in [-0.1, -0.05) is 0 Å². The summed E-state index contributed by atoms with van der Waals surface area (Å²) in [5.41, 5.74) is 0.269. The van der Waals surface area contributed by atoms with Crippen molar-refractivity contribution in [3.8, 4) is 5.75 Å². The van der Waals surface area contributed by atoms with Crippen LogP contribution in [-0.2, 0) is 10.0 Å². The Hall–Kier alpha value is -3.14. The van der Waals surface area contributed by atoms with Crippen LogP contribution in [0.15, 0.2) is 47.4 Å². The van der Waals surface area contributed by atoms with Gasteiger partial charge in [0.05, 0.1) is 12.0 Å². The molecule has 2 aromatic rings. The maximum absolute atomic E-state index is 12.7. The van der Waals surface area contributed by atoms with Gasteiger partial charge in [-0.3, -0.25) is 19.6 Å². The van der Waals surface area contributed by atoms with E-state index >= 15 is 0 Å². The highest BCUT2D eigenvalue weighted by Crippen LogP contribution is 2.29. The summed E-state index contributed by atoms with van der Waals surface area (Å²) in [5, 5.41) is 11.0. The highest BCUT2D eigenvalue weighted by atomic mass is 32.2. The Balaban J connectivity index is 2.31. The van der Waals surface area contributed by atoms with Gasteiger partial charge in [-0.15, -0.1) is 0 Å². The number of methoxy groups -OCH3 is 1. The Kier molecular flexibility index (Phi) is 6.57. The molecule has 0 fully saturated rings. The molecular formula is C18H21N3O6S. The van der Waals surface area contributed by atoms with Gasteiger partial charge in [-0.25, -0.2) is 8.42 Å². The maximum atomic E-state index is 12.7. The van der Waals surface area contributed by atoms with E-state index in [1.54, 1.807) is 4.90 Å². The average molecular weight is 407 g/mol. The summed E-state index contributed by atoms with van der Waals surface area (Å²) in [6, 6.07) is 9.26. The highest BCUT2D eigenvalue weighted by molar-refractivity contribution is 7.92. The summed E-state index contributed by atoms with van der Waals surface area (Å²) in [6.07, 6.45) is 0. The van der Waals surface area contributed by atoms with Crippen molar-refractivity contribution in [1.82, 2.24) is 4.90 Å². The molecule has 0 atom stereocenters. The summed E-state index contributed by atoms with van der Waals surface area (Å²) in [4.78, 5) is 23.9.